The Morgan fingerprint density at radius 2 is 2.29 bits per heavy atom. The molecule has 1 atom stereocenters. The number of aliphatic hydroxyl groups excluding tert-OH is 1. The van der Waals surface area contributed by atoms with Crippen molar-refractivity contribution in [2.24, 2.45) is 4.99 Å². The van der Waals surface area contributed by atoms with E-state index in [9.17, 15) is 5.11 Å². The molecule has 0 amide bonds. The predicted molar refractivity (Wildman–Crippen MR) is 111 cm³/mol. The van der Waals surface area contributed by atoms with E-state index in [-0.39, 0.29) is 24.0 Å². The molecule has 6 nitrogen and oxygen atoms in total. The van der Waals surface area contributed by atoms with Crippen molar-refractivity contribution in [2.45, 2.75) is 26.0 Å². The number of hydrogen-bond donors (Lipinski definition) is 3. The Balaban J connectivity index is 0.00000288. The Kier molecular flexibility index (Phi) is 10.3. The number of rotatable bonds is 8. The summed E-state index contributed by atoms with van der Waals surface area (Å²) in [4.78, 5) is 5.25. The van der Waals surface area contributed by atoms with E-state index in [4.69, 9.17) is 11.6 Å². The molecular weight excluding hydrogens is 461 g/mol. The summed E-state index contributed by atoms with van der Waals surface area (Å²) in [6.07, 6.45) is 4.03. The number of aromatic nitrogens is 2. The lowest BCUT2D eigenvalue weighted by molar-refractivity contribution is 0.191. The van der Waals surface area contributed by atoms with Crippen LogP contribution in [0.5, 0.6) is 0 Å². The molecule has 2 aromatic rings. The van der Waals surface area contributed by atoms with E-state index in [1.807, 2.05) is 29.9 Å². The molecule has 3 N–H and O–H groups in total. The lowest BCUT2D eigenvalue weighted by atomic mass is 10.3. The van der Waals surface area contributed by atoms with Gasteiger partial charge in [-0.15, -0.1) is 35.3 Å². The molecule has 0 bridgehead atoms. The van der Waals surface area contributed by atoms with Crippen LogP contribution in [0.3, 0.4) is 0 Å². The van der Waals surface area contributed by atoms with Gasteiger partial charge >= 0.3 is 0 Å². The number of nitrogens with zero attached hydrogens (tertiary/aromatic N) is 3. The standard InChI is InChI=1S/C15H22ClN5OS.HI/c1-2-17-15(18-7-3-9-21-10-4-8-20-21)19-11-12(22)13-5-6-14(16)23-13;/h4-6,8,10,12,22H,2-3,7,9,11H2,1H3,(H2,17,18,19);1H. The molecule has 0 radical (unpaired) electrons. The zero-order chi connectivity index (χ0) is 16.5. The normalized spacial score (nSPS) is 12.5. The van der Waals surface area contributed by atoms with Crippen LogP contribution < -0.4 is 10.6 Å². The molecule has 2 rings (SSSR count). The first-order valence-corrected chi connectivity index (χ1v) is 8.81. The van der Waals surface area contributed by atoms with Crippen molar-refractivity contribution >= 4 is 52.9 Å². The van der Waals surface area contributed by atoms with Crippen LogP contribution in [0.15, 0.2) is 35.6 Å². The highest BCUT2D eigenvalue weighted by atomic mass is 127. The van der Waals surface area contributed by atoms with Crippen molar-refractivity contribution in [1.82, 2.24) is 20.4 Å². The lowest BCUT2D eigenvalue weighted by Gasteiger charge is -2.12. The van der Waals surface area contributed by atoms with Gasteiger partial charge in [0.2, 0.25) is 0 Å². The quantitative estimate of drug-likeness (QED) is 0.234. The summed E-state index contributed by atoms with van der Waals surface area (Å²) in [5.74, 6) is 0.703. The molecule has 0 fully saturated rings. The van der Waals surface area contributed by atoms with Crippen LogP contribution >= 0.6 is 46.9 Å². The van der Waals surface area contributed by atoms with Crippen molar-refractivity contribution in [3.8, 4) is 0 Å². The highest BCUT2D eigenvalue weighted by Crippen LogP contribution is 2.26. The van der Waals surface area contributed by atoms with E-state index in [2.05, 4.69) is 20.7 Å². The van der Waals surface area contributed by atoms with Gasteiger partial charge in [-0.2, -0.15) is 5.10 Å². The van der Waals surface area contributed by atoms with E-state index >= 15 is 0 Å². The number of aryl methyl sites for hydroxylation is 1. The Labute approximate surface area is 168 Å². The van der Waals surface area contributed by atoms with Crippen LogP contribution in [0.2, 0.25) is 4.34 Å². The lowest BCUT2D eigenvalue weighted by Crippen LogP contribution is -2.38. The molecule has 9 heteroatoms. The molecule has 0 aliphatic heterocycles. The van der Waals surface area contributed by atoms with Gasteiger partial charge in [-0.1, -0.05) is 11.6 Å². The van der Waals surface area contributed by atoms with Crippen molar-refractivity contribution < 1.29 is 5.11 Å². The van der Waals surface area contributed by atoms with Crippen molar-refractivity contribution in [1.29, 1.82) is 0 Å². The molecule has 0 aliphatic carbocycles. The number of hydrogen-bond acceptors (Lipinski definition) is 4. The number of halogens is 2. The molecule has 24 heavy (non-hydrogen) atoms. The maximum Gasteiger partial charge on any atom is 0.191 e. The topological polar surface area (TPSA) is 74.5 Å². The number of nitrogens with one attached hydrogen (secondary N) is 2. The second-order valence-electron chi connectivity index (χ2n) is 4.93. The van der Waals surface area contributed by atoms with Crippen LogP contribution in [-0.4, -0.2) is 40.5 Å². The molecule has 0 saturated carbocycles. The Morgan fingerprint density at radius 1 is 1.46 bits per heavy atom. The van der Waals surface area contributed by atoms with Gasteiger partial charge in [-0.25, -0.2) is 0 Å². The molecule has 1 unspecified atom stereocenters. The second kappa shape index (κ2) is 11.7. The van der Waals surface area contributed by atoms with E-state index in [1.54, 1.807) is 12.3 Å². The molecular formula is C15H23ClIN5OS. The van der Waals surface area contributed by atoms with Gasteiger partial charge in [-0.05, 0) is 31.5 Å². The van der Waals surface area contributed by atoms with Crippen LogP contribution in [0.1, 0.15) is 24.3 Å². The van der Waals surface area contributed by atoms with Crippen LogP contribution in [0, 0.1) is 0 Å². The van der Waals surface area contributed by atoms with Crippen LogP contribution in [0.25, 0.3) is 0 Å². The molecule has 0 aliphatic rings. The molecule has 2 heterocycles. The summed E-state index contributed by atoms with van der Waals surface area (Å²) in [6, 6.07) is 5.53. The maximum absolute atomic E-state index is 10.1. The fraction of sp³-hybridized carbons (Fsp3) is 0.467. The van der Waals surface area contributed by atoms with Gasteiger partial charge in [0.15, 0.2) is 5.96 Å². The van der Waals surface area contributed by atoms with Gasteiger partial charge in [0.1, 0.15) is 6.10 Å². The third kappa shape index (κ3) is 7.37. The fourth-order valence-corrected chi connectivity index (χ4v) is 3.04. The monoisotopic (exact) mass is 483 g/mol. The summed E-state index contributed by atoms with van der Waals surface area (Å²) in [5, 5.41) is 20.7. The van der Waals surface area contributed by atoms with Gasteiger partial charge in [0, 0.05) is 36.9 Å². The number of guanidine groups is 1. The molecule has 2 aromatic heterocycles. The second-order valence-corrected chi connectivity index (χ2v) is 6.67. The Hall–Kier alpha value is -0.840. The summed E-state index contributed by atoms with van der Waals surface area (Å²) < 4.78 is 2.57. The third-order valence-corrected chi connectivity index (χ3v) is 4.44. The minimum Gasteiger partial charge on any atom is -0.386 e. The van der Waals surface area contributed by atoms with Crippen molar-refractivity contribution in [3.05, 3.63) is 39.8 Å². The SMILES string of the molecule is CCNC(=NCC(O)c1ccc(Cl)s1)NCCCn1cccn1.I. The van der Waals surface area contributed by atoms with E-state index in [1.165, 1.54) is 11.3 Å². The third-order valence-electron chi connectivity index (χ3n) is 3.10. The first-order valence-electron chi connectivity index (χ1n) is 7.62. The maximum atomic E-state index is 10.1. The first-order chi connectivity index (χ1) is 11.2. The number of aliphatic hydroxyl groups is 1. The zero-order valence-electron chi connectivity index (χ0n) is 13.5. The highest BCUT2D eigenvalue weighted by molar-refractivity contribution is 14.0. The summed E-state index contributed by atoms with van der Waals surface area (Å²) in [7, 11) is 0. The van der Waals surface area contributed by atoms with Crippen molar-refractivity contribution in [2.75, 3.05) is 19.6 Å². The highest BCUT2D eigenvalue weighted by Gasteiger charge is 2.10. The van der Waals surface area contributed by atoms with Gasteiger partial charge in [-0.3, -0.25) is 9.67 Å². The number of aliphatic imine (C=N–C) groups is 1. The van der Waals surface area contributed by atoms with Gasteiger partial charge < -0.3 is 15.7 Å². The predicted octanol–water partition coefficient (Wildman–Crippen LogP) is 2.89. The summed E-state index contributed by atoms with van der Waals surface area (Å²) in [5.41, 5.74) is 0. The molecule has 134 valence electrons. The smallest absolute Gasteiger partial charge is 0.191 e. The first kappa shape index (κ1) is 21.2. The van der Waals surface area contributed by atoms with E-state index in [0.29, 0.717) is 16.8 Å². The van der Waals surface area contributed by atoms with Gasteiger partial charge in [0.05, 0.1) is 10.9 Å². The largest absolute Gasteiger partial charge is 0.386 e. The van der Waals surface area contributed by atoms with Crippen LogP contribution in [0.4, 0.5) is 0 Å². The minimum atomic E-state index is -0.632. The van der Waals surface area contributed by atoms with E-state index < -0.39 is 6.10 Å². The van der Waals surface area contributed by atoms with Crippen LogP contribution in [-0.2, 0) is 6.54 Å². The average molecular weight is 484 g/mol. The minimum absolute atomic E-state index is 0. The molecule has 0 aromatic carbocycles. The average Bonchev–Trinajstić information content (AvgIpc) is 3.20. The summed E-state index contributed by atoms with van der Waals surface area (Å²) in [6.45, 7) is 4.72. The zero-order valence-corrected chi connectivity index (χ0v) is 17.4. The van der Waals surface area contributed by atoms with E-state index in [0.717, 1.165) is 30.9 Å². The number of thiophene rings is 1. The fourth-order valence-electron chi connectivity index (χ4n) is 2.00. The van der Waals surface area contributed by atoms with Crippen molar-refractivity contribution in [3.63, 3.8) is 0 Å². The summed E-state index contributed by atoms with van der Waals surface area (Å²) >= 11 is 7.26. The molecule has 0 saturated heterocycles. The van der Waals surface area contributed by atoms with Gasteiger partial charge in [0.25, 0.3) is 0 Å². The Bertz CT molecular complexity index is 605. The Morgan fingerprint density at radius 3 is 2.92 bits per heavy atom. The molecule has 0 spiro atoms.